The molecule has 3 aromatic rings. The molecule has 2 N–H and O–H groups in total. The number of aromatic nitrogens is 2. The highest BCUT2D eigenvalue weighted by Gasteiger charge is 2.06. The van der Waals surface area contributed by atoms with Gasteiger partial charge in [-0.2, -0.15) is 4.98 Å². The summed E-state index contributed by atoms with van der Waals surface area (Å²) in [5, 5.41) is 6.14. The molecule has 0 saturated carbocycles. The van der Waals surface area contributed by atoms with Gasteiger partial charge in [0.2, 0.25) is 5.95 Å². The second-order valence-corrected chi connectivity index (χ2v) is 5.31. The third kappa shape index (κ3) is 3.83. The van der Waals surface area contributed by atoms with Gasteiger partial charge in [-0.15, -0.1) is 0 Å². The Morgan fingerprint density at radius 2 is 1.61 bits per heavy atom. The van der Waals surface area contributed by atoms with Crippen molar-refractivity contribution in [2.45, 2.75) is 13.8 Å². The van der Waals surface area contributed by atoms with Gasteiger partial charge < -0.3 is 10.6 Å². The maximum absolute atomic E-state index is 13.7. The average Bonchev–Trinajstić information content (AvgIpc) is 2.51. The smallest absolute Gasteiger partial charge is 0.229 e. The van der Waals surface area contributed by atoms with Crippen molar-refractivity contribution in [3.8, 4) is 0 Å². The van der Waals surface area contributed by atoms with Crippen LogP contribution in [0, 0.1) is 19.7 Å². The van der Waals surface area contributed by atoms with E-state index < -0.39 is 0 Å². The van der Waals surface area contributed by atoms with Crippen molar-refractivity contribution in [3.63, 3.8) is 0 Å². The van der Waals surface area contributed by atoms with Gasteiger partial charge in [0, 0.05) is 17.4 Å². The Bertz CT molecular complexity index is 816. The molecule has 116 valence electrons. The molecule has 3 rings (SSSR count). The number of para-hydroxylation sites is 1. The fourth-order valence-electron chi connectivity index (χ4n) is 2.16. The molecule has 0 aliphatic heterocycles. The molecule has 0 bridgehead atoms. The predicted octanol–water partition coefficient (Wildman–Crippen LogP) is 4.72. The molecule has 0 amide bonds. The molecule has 0 fully saturated rings. The number of halogens is 1. The Hall–Kier alpha value is -2.95. The lowest BCUT2D eigenvalue weighted by molar-refractivity contribution is 0.632. The van der Waals surface area contributed by atoms with Crippen LogP contribution in [0.4, 0.5) is 27.5 Å². The fourth-order valence-corrected chi connectivity index (χ4v) is 2.16. The van der Waals surface area contributed by atoms with E-state index >= 15 is 0 Å². The highest BCUT2D eigenvalue weighted by molar-refractivity contribution is 5.60. The van der Waals surface area contributed by atoms with E-state index in [0.29, 0.717) is 17.5 Å². The molecule has 0 radical (unpaired) electrons. The molecule has 23 heavy (non-hydrogen) atoms. The summed E-state index contributed by atoms with van der Waals surface area (Å²) < 4.78 is 13.7. The van der Waals surface area contributed by atoms with Crippen LogP contribution in [0.15, 0.2) is 54.6 Å². The van der Waals surface area contributed by atoms with Gasteiger partial charge in [-0.25, -0.2) is 9.37 Å². The van der Waals surface area contributed by atoms with Gasteiger partial charge in [0.1, 0.15) is 11.6 Å². The topological polar surface area (TPSA) is 49.8 Å². The lowest BCUT2D eigenvalue weighted by Gasteiger charge is -2.10. The van der Waals surface area contributed by atoms with E-state index in [2.05, 4.69) is 20.6 Å². The fraction of sp³-hybridized carbons (Fsp3) is 0.111. The normalized spacial score (nSPS) is 10.4. The first-order valence-electron chi connectivity index (χ1n) is 7.31. The van der Waals surface area contributed by atoms with Crippen LogP contribution in [0.1, 0.15) is 11.3 Å². The maximum atomic E-state index is 13.7. The summed E-state index contributed by atoms with van der Waals surface area (Å²) >= 11 is 0. The first kappa shape index (κ1) is 15.0. The molecule has 0 atom stereocenters. The van der Waals surface area contributed by atoms with Crippen molar-refractivity contribution in [1.82, 2.24) is 9.97 Å². The summed E-state index contributed by atoms with van der Waals surface area (Å²) in [5.41, 5.74) is 3.25. The van der Waals surface area contributed by atoms with E-state index in [9.17, 15) is 4.39 Å². The zero-order chi connectivity index (χ0) is 16.2. The Kier molecular flexibility index (Phi) is 4.19. The minimum atomic E-state index is -0.322. The van der Waals surface area contributed by atoms with E-state index in [1.165, 1.54) is 11.6 Å². The highest BCUT2D eigenvalue weighted by atomic mass is 19.1. The van der Waals surface area contributed by atoms with Crippen LogP contribution in [0.25, 0.3) is 0 Å². The number of benzene rings is 2. The summed E-state index contributed by atoms with van der Waals surface area (Å²) in [6, 6.07) is 16.2. The summed E-state index contributed by atoms with van der Waals surface area (Å²) in [6.07, 6.45) is 0. The zero-order valence-electron chi connectivity index (χ0n) is 13.0. The van der Waals surface area contributed by atoms with Gasteiger partial charge in [0.25, 0.3) is 0 Å². The molecule has 0 aliphatic rings. The molecule has 5 heteroatoms. The number of nitrogens with one attached hydrogen (secondary N) is 2. The number of aryl methyl sites for hydroxylation is 2. The molecular formula is C18H17FN4. The number of anilines is 4. The number of rotatable bonds is 4. The summed E-state index contributed by atoms with van der Waals surface area (Å²) in [4.78, 5) is 8.75. The molecule has 1 heterocycles. The Morgan fingerprint density at radius 3 is 2.35 bits per heavy atom. The SMILES string of the molecule is Cc1ccc(Nc2nc(C)cc(Nc3ccccc3F)n2)cc1. The van der Waals surface area contributed by atoms with E-state index in [1.54, 1.807) is 24.3 Å². The molecular weight excluding hydrogens is 291 g/mol. The van der Waals surface area contributed by atoms with Crippen molar-refractivity contribution < 1.29 is 4.39 Å². The quantitative estimate of drug-likeness (QED) is 0.732. The van der Waals surface area contributed by atoms with Gasteiger partial charge >= 0.3 is 0 Å². The molecule has 4 nitrogen and oxygen atoms in total. The lowest BCUT2D eigenvalue weighted by atomic mass is 10.2. The standard InChI is InChI=1S/C18H17FN4/c1-12-7-9-14(10-8-12)21-18-20-13(2)11-17(23-18)22-16-6-4-3-5-15(16)19/h3-11H,1-2H3,(H2,20,21,22,23). The minimum Gasteiger partial charge on any atom is -0.338 e. The van der Waals surface area contributed by atoms with E-state index in [1.807, 2.05) is 38.1 Å². The van der Waals surface area contributed by atoms with Gasteiger partial charge in [-0.05, 0) is 38.1 Å². The number of hydrogen-bond acceptors (Lipinski definition) is 4. The predicted molar refractivity (Wildman–Crippen MR) is 90.9 cm³/mol. The first-order chi connectivity index (χ1) is 11.1. The van der Waals surface area contributed by atoms with Gasteiger partial charge in [0.05, 0.1) is 5.69 Å². The third-order valence-electron chi connectivity index (χ3n) is 3.30. The van der Waals surface area contributed by atoms with E-state index in [0.717, 1.165) is 11.4 Å². The second-order valence-electron chi connectivity index (χ2n) is 5.31. The van der Waals surface area contributed by atoms with Crippen molar-refractivity contribution in [2.24, 2.45) is 0 Å². The van der Waals surface area contributed by atoms with Crippen LogP contribution in [-0.2, 0) is 0 Å². The maximum Gasteiger partial charge on any atom is 0.229 e. The van der Waals surface area contributed by atoms with Crippen molar-refractivity contribution in [3.05, 3.63) is 71.7 Å². The van der Waals surface area contributed by atoms with E-state index in [4.69, 9.17) is 0 Å². The van der Waals surface area contributed by atoms with Crippen molar-refractivity contribution in [2.75, 3.05) is 10.6 Å². The van der Waals surface area contributed by atoms with Crippen molar-refractivity contribution in [1.29, 1.82) is 0 Å². The molecule has 2 aromatic carbocycles. The van der Waals surface area contributed by atoms with Gasteiger partial charge in [-0.3, -0.25) is 0 Å². The summed E-state index contributed by atoms with van der Waals surface area (Å²) in [7, 11) is 0. The molecule has 1 aromatic heterocycles. The summed E-state index contributed by atoms with van der Waals surface area (Å²) in [6.45, 7) is 3.90. The van der Waals surface area contributed by atoms with Crippen LogP contribution in [0.5, 0.6) is 0 Å². The van der Waals surface area contributed by atoms with Crippen molar-refractivity contribution >= 4 is 23.1 Å². The molecule has 0 saturated heterocycles. The highest BCUT2D eigenvalue weighted by Crippen LogP contribution is 2.21. The first-order valence-corrected chi connectivity index (χ1v) is 7.31. The van der Waals surface area contributed by atoms with Crippen LogP contribution in [0.2, 0.25) is 0 Å². The molecule has 0 spiro atoms. The second kappa shape index (κ2) is 6.44. The summed E-state index contributed by atoms with van der Waals surface area (Å²) in [5.74, 6) is 0.682. The zero-order valence-corrected chi connectivity index (χ0v) is 13.0. The molecule has 0 unspecified atom stereocenters. The average molecular weight is 308 g/mol. The monoisotopic (exact) mass is 308 g/mol. The van der Waals surface area contributed by atoms with Crippen LogP contribution < -0.4 is 10.6 Å². The van der Waals surface area contributed by atoms with Crippen LogP contribution in [0.3, 0.4) is 0 Å². The lowest BCUT2D eigenvalue weighted by Crippen LogP contribution is -2.03. The Balaban J connectivity index is 1.84. The minimum absolute atomic E-state index is 0.322. The van der Waals surface area contributed by atoms with Crippen LogP contribution >= 0.6 is 0 Å². The Labute approximate surface area is 134 Å². The van der Waals surface area contributed by atoms with Crippen LogP contribution in [-0.4, -0.2) is 9.97 Å². The van der Waals surface area contributed by atoms with Gasteiger partial charge in [-0.1, -0.05) is 29.8 Å². The number of hydrogen-bond donors (Lipinski definition) is 2. The van der Waals surface area contributed by atoms with E-state index in [-0.39, 0.29) is 5.82 Å². The third-order valence-corrected chi connectivity index (χ3v) is 3.30. The number of nitrogens with zero attached hydrogens (tertiary/aromatic N) is 2. The largest absolute Gasteiger partial charge is 0.338 e. The molecule has 0 aliphatic carbocycles. The Morgan fingerprint density at radius 1 is 0.870 bits per heavy atom. The van der Waals surface area contributed by atoms with Gasteiger partial charge in [0.15, 0.2) is 0 Å².